The van der Waals surface area contributed by atoms with Crippen molar-refractivity contribution in [2.24, 2.45) is 11.8 Å². The van der Waals surface area contributed by atoms with Crippen LogP contribution in [0.5, 0.6) is 0 Å². The van der Waals surface area contributed by atoms with Crippen LogP contribution in [0.3, 0.4) is 0 Å². The van der Waals surface area contributed by atoms with E-state index in [1.807, 2.05) is 23.1 Å². The highest BCUT2D eigenvalue weighted by Gasteiger charge is 2.29. The fraction of sp³-hybridized carbons (Fsp3) is 0.652. The fourth-order valence-electron chi connectivity index (χ4n) is 3.83. The number of nitrogens with zero attached hydrogens (tertiary/aromatic N) is 2. The van der Waals surface area contributed by atoms with Crippen molar-refractivity contribution in [1.29, 1.82) is 0 Å². The second-order valence-electron chi connectivity index (χ2n) is 8.84. The molecule has 1 unspecified atom stereocenters. The van der Waals surface area contributed by atoms with Gasteiger partial charge in [0.2, 0.25) is 11.8 Å². The predicted octanol–water partition coefficient (Wildman–Crippen LogP) is 3.12. The van der Waals surface area contributed by atoms with Gasteiger partial charge >= 0.3 is 0 Å². The van der Waals surface area contributed by atoms with Gasteiger partial charge in [-0.05, 0) is 36.8 Å². The minimum absolute atomic E-state index is 0.0318. The Morgan fingerprint density at radius 2 is 1.61 bits per heavy atom. The van der Waals surface area contributed by atoms with Gasteiger partial charge in [-0.25, -0.2) is 0 Å². The number of rotatable bonds is 8. The highest BCUT2D eigenvalue weighted by atomic mass is 16.2. The Bertz CT molecular complexity index is 622. The van der Waals surface area contributed by atoms with E-state index in [9.17, 15) is 9.59 Å². The number of carbonyl (C=O) groups is 2. The molecular formula is C23H37N3O2. The molecule has 1 aliphatic heterocycles. The van der Waals surface area contributed by atoms with Crippen LogP contribution in [0.4, 0.5) is 0 Å². The predicted molar refractivity (Wildman–Crippen MR) is 114 cm³/mol. The van der Waals surface area contributed by atoms with Crippen LogP contribution in [0.25, 0.3) is 0 Å². The zero-order chi connectivity index (χ0) is 20.7. The number of carbonyl (C=O) groups excluding carboxylic acids is 2. The maximum absolute atomic E-state index is 13.1. The highest BCUT2D eigenvalue weighted by molar-refractivity contribution is 5.88. The van der Waals surface area contributed by atoms with Crippen LogP contribution in [0, 0.1) is 11.8 Å². The van der Waals surface area contributed by atoms with Crippen molar-refractivity contribution in [3.63, 3.8) is 0 Å². The molecule has 0 spiro atoms. The van der Waals surface area contributed by atoms with Crippen LogP contribution >= 0.6 is 0 Å². The molecule has 1 fully saturated rings. The Morgan fingerprint density at radius 3 is 2.14 bits per heavy atom. The number of amides is 2. The van der Waals surface area contributed by atoms with E-state index in [-0.39, 0.29) is 17.7 Å². The number of piperazine rings is 1. The Hall–Kier alpha value is -1.88. The minimum Gasteiger partial charge on any atom is -0.344 e. The fourth-order valence-corrected chi connectivity index (χ4v) is 3.83. The molecular weight excluding hydrogens is 350 g/mol. The Balaban J connectivity index is 2.04. The molecule has 0 bridgehead atoms. The SMILES string of the molecule is CC(C)C[C@@H](NC(=O)CC(c1ccccc1)C(C)C)C(=O)N1CCN(C)CC1. The number of hydrogen-bond donors (Lipinski definition) is 1. The van der Waals surface area contributed by atoms with Gasteiger partial charge in [-0.1, -0.05) is 58.0 Å². The molecule has 28 heavy (non-hydrogen) atoms. The van der Waals surface area contributed by atoms with Gasteiger partial charge in [0.1, 0.15) is 6.04 Å². The average Bonchev–Trinajstić information content (AvgIpc) is 2.65. The summed E-state index contributed by atoms with van der Waals surface area (Å²) in [5.74, 6) is 0.882. The lowest BCUT2D eigenvalue weighted by Gasteiger charge is -2.35. The molecule has 1 heterocycles. The Labute approximate surface area is 170 Å². The van der Waals surface area contributed by atoms with Crippen LogP contribution in [-0.2, 0) is 9.59 Å². The van der Waals surface area contributed by atoms with Crippen molar-refractivity contribution in [2.75, 3.05) is 33.2 Å². The lowest BCUT2D eigenvalue weighted by atomic mass is 9.85. The molecule has 2 rings (SSSR count). The number of benzene rings is 1. The van der Waals surface area contributed by atoms with E-state index in [0.29, 0.717) is 24.7 Å². The van der Waals surface area contributed by atoms with Crippen molar-refractivity contribution in [3.8, 4) is 0 Å². The van der Waals surface area contributed by atoms with Crippen LogP contribution in [-0.4, -0.2) is 60.9 Å². The zero-order valence-electron chi connectivity index (χ0n) is 18.1. The molecule has 5 nitrogen and oxygen atoms in total. The summed E-state index contributed by atoms with van der Waals surface area (Å²) in [7, 11) is 2.07. The Morgan fingerprint density at radius 1 is 1.00 bits per heavy atom. The second kappa shape index (κ2) is 10.6. The number of hydrogen-bond acceptors (Lipinski definition) is 3. The van der Waals surface area contributed by atoms with Crippen molar-refractivity contribution in [1.82, 2.24) is 15.1 Å². The van der Waals surface area contributed by atoms with Crippen molar-refractivity contribution < 1.29 is 9.59 Å². The van der Waals surface area contributed by atoms with Gasteiger partial charge in [0.15, 0.2) is 0 Å². The van der Waals surface area contributed by atoms with Crippen molar-refractivity contribution in [3.05, 3.63) is 35.9 Å². The van der Waals surface area contributed by atoms with E-state index < -0.39 is 6.04 Å². The molecule has 2 atom stereocenters. The van der Waals surface area contributed by atoms with Gasteiger partial charge in [-0.15, -0.1) is 0 Å². The molecule has 0 radical (unpaired) electrons. The largest absolute Gasteiger partial charge is 0.344 e. The van der Waals surface area contributed by atoms with Crippen LogP contribution in [0.2, 0.25) is 0 Å². The molecule has 156 valence electrons. The Kier molecular flexibility index (Phi) is 8.49. The summed E-state index contributed by atoms with van der Waals surface area (Å²) in [6.07, 6.45) is 1.08. The van der Waals surface area contributed by atoms with Crippen LogP contribution in [0.15, 0.2) is 30.3 Å². The molecule has 1 saturated heterocycles. The molecule has 0 saturated carbocycles. The molecule has 2 amide bonds. The molecule has 0 aromatic heterocycles. The molecule has 1 aromatic rings. The van der Waals surface area contributed by atoms with E-state index in [1.54, 1.807) is 0 Å². The first kappa shape index (κ1) is 22.4. The molecule has 1 N–H and O–H groups in total. The van der Waals surface area contributed by atoms with E-state index in [2.05, 4.69) is 57.1 Å². The van der Waals surface area contributed by atoms with E-state index in [1.165, 1.54) is 5.56 Å². The zero-order valence-corrected chi connectivity index (χ0v) is 18.1. The first-order chi connectivity index (χ1) is 13.3. The van der Waals surface area contributed by atoms with E-state index in [0.717, 1.165) is 26.2 Å². The van der Waals surface area contributed by atoms with Gasteiger partial charge in [-0.2, -0.15) is 0 Å². The lowest BCUT2D eigenvalue weighted by Crippen LogP contribution is -2.54. The van der Waals surface area contributed by atoms with Gasteiger partial charge in [0.25, 0.3) is 0 Å². The highest BCUT2D eigenvalue weighted by Crippen LogP contribution is 2.27. The lowest BCUT2D eigenvalue weighted by molar-refractivity contribution is -0.138. The average molecular weight is 388 g/mol. The summed E-state index contributed by atoms with van der Waals surface area (Å²) >= 11 is 0. The summed E-state index contributed by atoms with van der Waals surface area (Å²) < 4.78 is 0. The third-order valence-corrected chi connectivity index (χ3v) is 5.59. The standard InChI is InChI=1S/C23H37N3O2/c1-17(2)15-21(23(28)26-13-11-25(5)12-14-26)24-22(27)16-20(18(3)4)19-9-7-6-8-10-19/h6-10,17-18,20-21H,11-16H2,1-5H3,(H,24,27)/t20?,21-/m1/s1. The summed E-state index contributed by atoms with van der Waals surface area (Å²) in [6.45, 7) is 11.7. The molecule has 0 aliphatic carbocycles. The summed E-state index contributed by atoms with van der Waals surface area (Å²) in [5.41, 5.74) is 1.18. The van der Waals surface area contributed by atoms with Crippen LogP contribution < -0.4 is 5.32 Å². The smallest absolute Gasteiger partial charge is 0.245 e. The van der Waals surface area contributed by atoms with Crippen LogP contribution in [0.1, 0.15) is 52.0 Å². The van der Waals surface area contributed by atoms with Gasteiger partial charge in [-0.3, -0.25) is 9.59 Å². The monoisotopic (exact) mass is 387 g/mol. The van der Waals surface area contributed by atoms with Gasteiger partial charge in [0.05, 0.1) is 0 Å². The summed E-state index contributed by atoms with van der Waals surface area (Å²) in [4.78, 5) is 30.1. The molecule has 5 heteroatoms. The van der Waals surface area contributed by atoms with E-state index >= 15 is 0 Å². The van der Waals surface area contributed by atoms with Gasteiger partial charge < -0.3 is 15.1 Å². The number of likely N-dealkylation sites (N-methyl/N-ethyl adjacent to an activating group) is 1. The minimum atomic E-state index is -0.431. The van der Waals surface area contributed by atoms with Crippen molar-refractivity contribution in [2.45, 2.75) is 52.5 Å². The third-order valence-electron chi connectivity index (χ3n) is 5.59. The normalized spacial score (nSPS) is 17.6. The second-order valence-corrected chi connectivity index (χ2v) is 8.84. The quantitative estimate of drug-likeness (QED) is 0.746. The maximum atomic E-state index is 13.1. The first-order valence-electron chi connectivity index (χ1n) is 10.6. The summed E-state index contributed by atoms with van der Waals surface area (Å²) in [6, 6.07) is 9.76. The first-order valence-corrected chi connectivity index (χ1v) is 10.6. The number of nitrogens with one attached hydrogen (secondary N) is 1. The summed E-state index contributed by atoms with van der Waals surface area (Å²) in [5, 5.41) is 3.07. The topological polar surface area (TPSA) is 52.7 Å². The van der Waals surface area contributed by atoms with Crippen molar-refractivity contribution >= 4 is 11.8 Å². The third kappa shape index (κ3) is 6.62. The molecule has 1 aromatic carbocycles. The molecule has 1 aliphatic rings. The van der Waals surface area contributed by atoms with E-state index in [4.69, 9.17) is 0 Å². The van der Waals surface area contributed by atoms with Gasteiger partial charge in [0, 0.05) is 32.6 Å². The maximum Gasteiger partial charge on any atom is 0.245 e.